The van der Waals surface area contributed by atoms with E-state index in [-0.39, 0.29) is 18.7 Å². The van der Waals surface area contributed by atoms with Crippen LogP contribution >= 0.6 is 15.9 Å². The standard InChI is InChI=1S/C13H20BrN3O4/c1-21-11(19)9-17-13(20)12(14)10(8-16-17)15-6-4-2-3-5-7-18/h8,15,18H,2-7,9H2,1H3. The maximum absolute atomic E-state index is 12.0. The van der Waals surface area contributed by atoms with Gasteiger partial charge in [0, 0.05) is 13.2 Å². The first-order valence-electron chi connectivity index (χ1n) is 6.77. The third kappa shape index (κ3) is 5.84. The lowest BCUT2D eigenvalue weighted by Crippen LogP contribution is -2.28. The lowest BCUT2D eigenvalue weighted by Gasteiger charge is -2.09. The summed E-state index contributed by atoms with van der Waals surface area (Å²) in [6.07, 6.45) is 5.25. The number of anilines is 1. The van der Waals surface area contributed by atoms with E-state index in [1.807, 2.05) is 0 Å². The number of ether oxygens (including phenoxy) is 1. The number of unbranched alkanes of at least 4 members (excludes halogenated alkanes) is 3. The van der Waals surface area contributed by atoms with Crippen molar-refractivity contribution < 1.29 is 14.6 Å². The SMILES string of the molecule is COC(=O)Cn1ncc(NCCCCCCO)c(Br)c1=O. The molecule has 0 spiro atoms. The summed E-state index contributed by atoms with van der Waals surface area (Å²) in [5.41, 5.74) is 0.217. The fourth-order valence-corrected chi connectivity index (χ4v) is 2.15. The van der Waals surface area contributed by atoms with Crippen LogP contribution in [0.4, 0.5) is 5.69 Å². The van der Waals surface area contributed by atoms with Crippen molar-refractivity contribution >= 4 is 27.6 Å². The zero-order valence-corrected chi connectivity index (χ0v) is 13.6. The molecule has 7 nitrogen and oxygen atoms in total. The number of nitrogens with one attached hydrogen (secondary N) is 1. The van der Waals surface area contributed by atoms with Crippen molar-refractivity contribution in [1.82, 2.24) is 9.78 Å². The maximum Gasteiger partial charge on any atom is 0.327 e. The van der Waals surface area contributed by atoms with Gasteiger partial charge in [0.25, 0.3) is 5.56 Å². The van der Waals surface area contributed by atoms with Crippen LogP contribution in [0.2, 0.25) is 0 Å². The Labute approximate surface area is 131 Å². The molecule has 2 N–H and O–H groups in total. The minimum Gasteiger partial charge on any atom is -0.468 e. The molecule has 0 aliphatic heterocycles. The smallest absolute Gasteiger partial charge is 0.327 e. The van der Waals surface area contributed by atoms with Gasteiger partial charge in [-0.25, -0.2) is 4.68 Å². The summed E-state index contributed by atoms with van der Waals surface area (Å²) in [6.45, 7) is 0.725. The topological polar surface area (TPSA) is 93.5 Å². The van der Waals surface area contributed by atoms with Crippen molar-refractivity contribution in [2.24, 2.45) is 0 Å². The second kappa shape index (κ2) is 9.51. The second-order valence-electron chi connectivity index (χ2n) is 4.48. The van der Waals surface area contributed by atoms with Crippen molar-refractivity contribution in [2.75, 3.05) is 25.6 Å². The van der Waals surface area contributed by atoms with E-state index < -0.39 is 5.97 Å². The van der Waals surface area contributed by atoms with Gasteiger partial charge >= 0.3 is 5.97 Å². The number of esters is 1. The zero-order chi connectivity index (χ0) is 15.7. The largest absolute Gasteiger partial charge is 0.468 e. The van der Waals surface area contributed by atoms with E-state index in [1.165, 1.54) is 13.3 Å². The van der Waals surface area contributed by atoms with Crippen molar-refractivity contribution in [3.63, 3.8) is 0 Å². The van der Waals surface area contributed by atoms with Crippen molar-refractivity contribution in [3.8, 4) is 0 Å². The molecule has 0 amide bonds. The van der Waals surface area contributed by atoms with E-state index in [2.05, 4.69) is 31.1 Å². The molecule has 0 saturated carbocycles. The molecule has 1 rings (SSSR count). The Balaban J connectivity index is 2.55. The number of hydrogen-bond donors (Lipinski definition) is 2. The summed E-state index contributed by atoms with van der Waals surface area (Å²) in [4.78, 5) is 23.1. The van der Waals surface area contributed by atoms with Crippen LogP contribution in [0.15, 0.2) is 15.5 Å². The lowest BCUT2D eigenvalue weighted by molar-refractivity contribution is -0.141. The van der Waals surface area contributed by atoms with Gasteiger partial charge in [0.2, 0.25) is 0 Å². The number of halogens is 1. The van der Waals surface area contributed by atoms with Crippen molar-refractivity contribution in [3.05, 3.63) is 21.0 Å². The van der Waals surface area contributed by atoms with E-state index in [4.69, 9.17) is 5.11 Å². The van der Waals surface area contributed by atoms with Crippen LogP contribution in [0.3, 0.4) is 0 Å². The number of aromatic nitrogens is 2. The summed E-state index contributed by atoms with van der Waals surface area (Å²) >= 11 is 3.22. The number of methoxy groups -OCH3 is 1. The normalized spacial score (nSPS) is 10.4. The number of carbonyl (C=O) groups is 1. The van der Waals surface area contributed by atoms with Gasteiger partial charge in [-0.05, 0) is 28.8 Å². The first-order valence-corrected chi connectivity index (χ1v) is 7.56. The molecule has 8 heteroatoms. The highest BCUT2D eigenvalue weighted by Gasteiger charge is 2.11. The van der Waals surface area contributed by atoms with Crippen LogP contribution in [0, 0.1) is 0 Å². The van der Waals surface area contributed by atoms with Gasteiger partial charge in [-0.3, -0.25) is 9.59 Å². The molecule has 1 aromatic rings. The molecule has 0 radical (unpaired) electrons. The summed E-state index contributed by atoms with van der Waals surface area (Å²) in [7, 11) is 1.26. The Morgan fingerprint density at radius 1 is 1.43 bits per heavy atom. The molecule has 1 aromatic heterocycles. The molecule has 0 bridgehead atoms. The number of nitrogens with zero attached hydrogens (tertiary/aromatic N) is 2. The lowest BCUT2D eigenvalue weighted by atomic mass is 10.2. The molecule has 0 aliphatic carbocycles. The molecule has 0 atom stereocenters. The quantitative estimate of drug-likeness (QED) is 0.506. The molecule has 0 fully saturated rings. The Morgan fingerprint density at radius 2 is 2.14 bits per heavy atom. The van der Waals surface area contributed by atoms with Crippen LogP contribution in [-0.2, 0) is 16.1 Å². The minimum atomic E-state index is -0.527. The Kier molecular flexibility index (Phi) is 7.99. The average Bonchev–Trinajstić information content (AvgIpc) is 2.49. The summed E-state index contributed by atoms with van der Waals surface area (Å²) in [5, 5.41) is 15.7. The van der Waals surface area contributed by atoms with Gasteiger partial charge in [-0.15, -0.1) is 0 Å². The van der Waals surface area contributed by atoms with Crippen molar-refractivity contribution in [1.29, 1.82) is 0 Å². The van der Waals surface area contributed by atoms with Crippen LogP contribution in [0.25, 0.3) is 0 Å². The number of rotatable bonds is 9. The van der Waals surface area contributed by atoms with E-state index in [0.717, 1.165) is 30.4 Å². The predicted molar refractivity (Wildman–Crippen MR) is 82.3 cm³/mol. The molecule has 21 heavy (non-hydrogen) atoms. The molecule has 0 unspecified atom stereocenters. The van der Waals surface area contributed by atoms with Crippen molar-refractivity contribution in [2.45, 2.75) is 32.2 Å². The Hall–Kier alpha value is -1.41. The van der Waals surface area contributed by atoms with Gasteiger partial charge in [0.05, 0.1) is 19.0 Å². The van der Waals surface area contributed by atoms with Crippen LogP contribution < -0.4 is 10.9 Å². The minimum absolute atomic E-state index is 0.213. The molecule has 118 valence electrons. The number of aliphatic hydroxyl groups is 1. The Morgan fingerprint density at radius 3 is 2.81 bits per heavy atom. The summed E-state index contributed by atoms with van der Waals surface area (Å²) < 4.78 is 5.89. The fraction of sp³-hybridized carbons (Fsp3) is 0.615. The number of aliphatic hydroxyl groups excluding tert-OH is 1. The molecule has 1 heterocycles. The van der Waals surface area contributed by atoms with Gasteiger partial charge < -0.3 is 15.2 Å². The molecule has 0 aromatic carbocycles. The highest BCUT2D eigenvalue weighted by atomic mass is 79.9. The summed E-state index contributed by atoms with van der Waals surface area (Å²) in [6, 6.07) is 0. The van der Waals surface area contributed by atoms with Gasteiger partial charge in [-0.1, -0.05) is 12.8 Å². The van der Waals surface area contributed by atoms with E-state index >= 15 is 0 Å². The van der Waals surface area contributed by atoms with E-state index in [1.54, 1.807) is 0 Å². The highest BCUT2D eigenvalue weighted by molar-refractivity contribution is 9.10. The Bertz CT molecular complexity index is 519. The first kappa shape index (κ1) is 17.6. The molecule has 0 aliphatic rings. The van der Waals surface area contributed by atoms with Crippen LogP contribution in [0.1, 0.15) is 25.7 Å². The zero-order valence-electron chi connectivity index (χ0n) is 12.0. The highest BCUT2D eigenvalue weighted by Crippen LogP contribution is 2.16. The fourth-order valence-electron chi connectivity index (χ4n) is 1.70. The summed E-state index contributed by atoms with van der Waals surface area (Å²) in [5.74, 6) is -0.527. The van der Waals surface area contributed by atoms with Gasteiger partial charge in [0.15, 0.2) is 0 Å². The second-order valence-corrected chi connectivity index (χ2v) is 5.27. The maximum atomic E-state index is 12.0. The monoisotopic (exact) mass is 361 g/mol. The third-order valence-electron chi connectivity index (χ3n) is 2.89. The van der Waals surface area contributed by atoms with Gasteiger partial charge in [0.1, 0.15) is 11.0 Å². The number of carbonyl (C=O) groups excluding carboxylic acids is 1. The van der Waals surface area contributed by atoms with E-state index in [0.29, 0.717) is 16.7 Å². The average molecular weight is 362 g/mol. The predicted octanol–water partition coefficient (Wildman–Crippen LogP) is 1.14. The molecular weight excluding hydrogens is 342 g/mol. The number of hydrogen-bond acceptors (Lipinski definition) is 6. The third-order valence-corrected chi connectivity index (χ3v) is 3.66. The molecular formula is C13H20BrN3O4. The van der Waals surface area contributed by atoms with E-state index in [9.17, 15) is 9.59 Å². The first-order chi connectivity index (χ1) is 10.1. The molecule has 0 saturated heterocycles. The van der Waals surface area contributed by atoms with Crippen LogP contribution in [-0.4, -0.2) is 41.1 Å². The van der Waals surface area contributed by atoms with Gasteiger partial charge in [-0.2, -0.15) is 5.10 Å². The van der Waals surface area contributed by atoms with Crippen LogP contribution in [0.5, 0.6) is 0 Å².